The van der Waals surface area contributed by atoms with Crippen molar-refractivity contribution in [2.75, 3.05) is 44.2 Å². The summed E-state index contributed by atoms with van der Waals surface area (Å²) in [6, 6.07) is 3.74. The normalized spacial score (nSPS) is 14.8. The molecule has 1 fully saturated rings. The van der Waals surface area contributed by atoms with Crippen LogP contribution in [0.3, 0.4) is 0 Å². The van der Waals surface area contributed by atoms with E-state index >= 15 is 0 Å². The molecule has 0 N–H and O–H groups in total. The zero-order valence-corrected chi connectivity index (χ0v) is 16.0. The standard InChI is InChI=1S/C19H27N5O2/c1-5-21(6-2)18-14(3)20-17-8-7-16(13-24(17)18)19(26)23-11-9-22(10-12-23)15(4)25/h7-8,13H,5-6,9-12H2,1-4H3. The Kier molecular flexibility index (Phi) is 5.15. The lowest BCUT2D eigenvalue weighted by Gasteiger charge is -2.34. The maximum Gasteiger partial charge on any atom is 0.255 e. The Labute approximate surface area is 154 Å². The number of hydrogen-bond acceptors (Lipinski definition) is 4. The van der Waals surface area contributed by atoms with Crippen molar-refractivity contribution in [3.63, 3.8) is 0 Å². The molecule has 3 heterocycles. The lowest BCUT2D eigenvalue weighted by Crippen LogP contribution is -2.50. The minimum atomic E-state index is 0.00644. The second-order valence-electron chi connectivity index (χ2n) is 6.64. The van der Waals surface area contributed by atoms with Crippen LogP contribution in [0.2, 0.25) is 0 Å². The summed E-state index contributed by atoms with van der Waals surface area (Å²) in [6.45, 7) is 11.9. The number of rotatable bonds is 4. The molecule has 1 aliphatic heterocycles. The van der Waals surface area contributed by atoms with Crippen LogP contribution in [0, 0.1) is 6.92 Å². The number of hydrogen-bond donors (Lipinski definition) is 0. The molecule has 0 saturated carbocycles. The van der Waals surface area contributed by atoms with Gasteiger partial charge < -0.3 is 14.7 Å². The van der Waals surface area contributed by atoms with Gasteiger partial charge in [-0.3, -0.25) is 14.0 Å². The number of nitrogens with zero attached hydrogens (tertiary/aromatic N) is 5. The molecule has 1 aliphatic rings. The largest absolute Gasteiger partial charge is 0.357 e. The monoisotopic (exact) mass is 357 g/mol. The number of aromatic nitrogens is 2. The van der Waals surface area contributed by atoms with Gasteiger partial charge >= 0.3 is 0 Å². The highest BCUT2D eigenvalue weighted by atomic mass is 16.2. The molecule has 0 aromatic carbocycles. The molecule has 0 aliphatic carbocycles. The van der Waals surface area contributed by atoms with Gasteiger partial charge in [0.05, 0.1) is 11.3 Å². The summed E-state index contributed by atoms with van der Waals surface area (Å²) >= 11 is 0. The van der Waals surface area contributed by atoms with Gasteiger partial charge in [0.1, 0.15) is 11.5 Å². The highest BCUT2D eigenvalue weighted by Gasteiger charge is 2.24. The van der Waals surface area contributed by atoms with Crippen LogP contribution >= 0.6 is 0 Å². The van der Waals surface area contributed by atoms with E-state index in [-0.39, 0.29) is 11.8 Å². The quantitative estimate of drug-likeness (QED) is 0.837. The first-order valence-electron chi connectivity index (χ1n) is 9.24. The zero-order chi connectivity index (χ0) is 18.8. The molecule has 3 rings (SSSR count). The summed E-state index contributed by atoms with van der Waals surface area (Å²) in [7, 11) is 0. The Balaban J connectivity index is 1.88. The van der Waals surface area contributed by atoms with Crippen LogP contribution in [-0.4, -0.2) is 70.3 Å². The fourth-order valence-corrected chi connectivity index (χ4v) is 3.59. The van der Waals surface area contributed by atoms with Crippen molar-refractivity contribution in [2.45, 2.75) is 27.7 Å². The predicted molar refractivity (Wildman–Crippen MR) is 102 cm³/mol. The van der Waals surface area contributed by atoms with Gasteiger partial charge in [0.25, 0.3) is 5.91 Å². The molecule has 0 bridgehead atoms. The van der Waals surface area contributed by atoms with Gasteiger partial charge in [-0.15, -0.1) is 0 Å². The van der Waals surface area contributed by atoms with Crippen LogP contribution in [0.25, 0.3) is 5.65 Å². The maximum absolute atomic E-state index is 12.9. The summed E-state index contributed by atoms with van der Waals surface area (Å²) < 4.78 is 2.02. The van der Waals surface area contributed by atoms with Crippen molar-refractivity contribution in [2.24, 2.45) is 0 Å². The van der Waals surface area contributed by atoms with Gasteiger partial charge in [0, 0.05) is 52.4 Å². The third kappa shape index (κ3) is 3.25. The van der Waals surface area contributed by atoms with E-state index in [1.165, 1.54) is 0 Å². The van der Waals surface area contributed by atoms with Crippen LogP contribution < -0.4 is 4.90 Å². The van der Waals surface area contributed by atoms with E-state index in [4.69, 9.17) is 0 Å². The highest BCUT2D eigenvalue weighted by molar-refractivity contribution is 5.94. The second kappa shape index (κ2) is 7.35. The van der Waals surface area contributed by atoms with E-state index < -0.39 is 0 Å². The van der Waals surface area contributed by atoms with Crippen molar-refractivity contribution in [3.05, 3.63) is 29.6 Å². The lowest BCUT2D eigenvalue weighted by atomic mass is 10.2. The van der Waals surface area contributed by atoms with E-state index in [2.05, 4.69) is 23.7 Å². The first-order valence-corrected chi connectivity index (χ1v) is 9.24. The maximum atomic E-state index is 12.9. The molecule has 7 heteroatoms. The number of amides is 2. The summed E-state index contributed by atoms with van der Waals surface area (Å²) in [5.74, 6) is 1.12. The van der Waals surface area contributed by atoms with E-state index in [1.807, 2.05) is 34.6 Å². The molecule has 140 valence electrons. The van der Waals surface area contributed by atoms with Crippen molar-refractivity contribution in [1.29, 1.82) is 0 Å². The lowest BCUT2D eigenvalue weighted by molar-refractivity contribution is -0.130. The van der Waals surface area contributed by atoms with E-state index in [0.717, 1.165) is 30.2 Å². The van der Waals surface area contributed by atoms with Gasteiger partial charge in [-0.05, 0) is 32.9 Å². The Bertz CT molecular complexity index is 817. The topological polar surface area (TPSA) is 61.2 Å². The summed E-state index contributed by atoms with van der Waals surface area (Å²) in [5.41, 5.74) is 2.47. The highest BCUT2D eigenvalue weighted by Crippen LogP contribution is 2.23. The Hall–Kier alpha value is -2.57. The van der Waals surface area contributed by atoms with Crippen LogP contribution in [0.4, 0.5) is 5.82 Å². The minimum Gasteiger partial charge on any atom is -0.357 e. The number of aryl methyl sites for hydroxylation is 1. The van der Waals surface area contributed by atoms with Crippen LogP contribution in [0.5, 0.6) is 0 Å². The van der Waals surface area contributed by atoms with E-state index in [0.29, 0.717) is 31.7 Å². The third-order valence-corrected chi connectivity index (χ3v) is 5.08. The average Bonchev–Trinajstić information content (AvgIpc) is 2.98. The second-order valence-corrected chi connectivity index (χ2v) is 6.64. The summed E-state index contributed by atoms with van der Waals surface area (Å²) in [5, 5.41) is 0. The van der Waals surface area contributed by atoms with Crippen molar-refractivity contribution in [1.82, 2.24) is 19.2 Å². The van der Waals surface area contributed by atoms with Crippen molar-refractivity contribution < 1.29 is 9.59 Å². The molecule has 7 nitrogen and oxygen atoms in total. The Morgan fingerprint density at radius 2 is 1.69 bits per heavy atom. The summed E-state index contributed by atoms with van der Waals surface area (Å²) in [4.78, 5) is 34.9. The number of imidazole rings is 1. The molecule has 2 aromatic heterocycles. The number of anilines is 1. The van der Waals surface area contributed by atoms with E-state index in [9.17, 15) is 9.59 Å². The fourth-order valence-electron chi connectivity index (χ4n) is 3.59. The number of pyridine rings is 1. The van der Waals surface area contributed by atoms with Gasteiger partial charge in [-0.2, -0.15) is 0 Å². The average molecular weight is 357 g/mol. The Morgan fingerprint density at radius 3 is 2.27 bits per heavy atom. The molecule has 2 aromatic rings. The minimum absolute atomic E-state index is 0.00644. The molecule has 0 radical (unpaired) electrons. The summed E-state index contributed by atoms with van der Waals surface area (Å²) in [6.07, 6.45) is 1.89. The molecule has 0 unspecified atom stereocenters. The van der Waals surface area contributed by atoms with Crippen LogP contribution in [0.15, 0.2) is 18.3 Å². The van der Waals surface area contributed by atoms with Gasteiger partial charge in [0.2, 0.25) is 5.91 Å². The molecular formula is C19H27N5O2. The van der Waals surface area contributed by atoms with Gasteiger partial charge in [-0.1, -0.05) is 0 Å². The SMILES string of the molecule is CCN(CC)c1c(C)nc2ccc(C(=O)N3CCN(C(C)=O)CC3)cn12. The first-order chi connectivity index (χ1) is 12.5. The van der Waals surface area contributed by atoms with Crippen LogP contribution in [0.1, 0.15) is 36.8 Å². The fraction of sp³-hybridized carbons (Fsp3) is 0.526. The Morgan fingerprint density at radius 1 is 1.08 bits per heavy atom. The van der Waals surface area contributed by atoms with Gasteiger partial charge in [-0.25, -0.2) is 4.98 Å². The zero-order valence-electron chi connectivity index (χ0n) is 16.0. The number of carbonyl (C=O) groups excluding carboxylic acids is 2. The van der Waals surface area contributed by atoms with Crippen molar-refractivity contribution >= 4 is 23.3 Å². The first kappa shape index (κ1) is 18.2. The number of fused-ring (bicyclic) bond motifs is 1. The predicted octanol–water partition coefficient (Wildman–Crippen LogP) is 1.79. The van der Waals surface area contributed by atoms with Gasteiger partial charge in [0.15, 0.2) is 0 Å². The molecule has 0 spiro atoms. The van der Waals surface area contributed by atoms with Crippen LogP contribution in [-0.2, 0) is 4.79 Å². The smallest absolute Gasteiger partial charge is 0.255 e. The molecule has 2 amide bonds. The molecular weight excluding hydrogens is 330 g/mol. The number of carbonyl (C=O) groups is 2. The van der Waals surface area contributed by atoms with Crippen molar-refractivity contribution in [3.8, 4) is 0 Å². The van der Waals surface area contributed by atoms with E-state index in [1.54, 1.807) is 11.8 Å². The number of piperazine rings is 1. The third-order valence-electron chi connectivity index (χ3n) is 5.08. The molecule has 0 atom stereocenters. The molecule has 26 heavy (non-hydrogen) atoms. The molecule has 1 saturated heterocycles.